The molecule has 8 heteroatoms. The Hall–Kier alpha value is -4.20. The standard InChI is InChI=1S/C48H68O8/c1-5-9-11-13-15-17-19-21-23-43(55-45(49)7-3)37-29-33-41(34-30-37)53-47(51)39-25-27-40(28-26-39)48(52)54-42-35-31-38(32-36-42)44(56-46(50)8-4)24-22-20-18-16-14-12-10-6-2/h7-8,29-36,39-40,43-44H,3-6,9-28H2,1-2H3/t39-,40-,43?,44?. The van der Waals surface area contributed by atoms with E-state index in [0.29, 0.717) is 37.2 Å². The zero-order valence-corrected chi connectivity index (χ0v) is 34.3. The summed E-state index contributed by atoms with van der Waals surface area (Å²) >= 11 is 0. The molecule has 0 heterocycles. The number of unbranched alkanes of at least 4 members (excludes halogenated alkanes) is 14. The average molecular weight is 773 g/mol. The molecule has 56 heavy (non-hydrogen) atoms. The van der Waals surface area contributed by atoms with Gasteiger partial charge < -0.3 is 18.9 Å². The molecule has 0 N–H and O–H groups in total. The van der Waals surface area contributed by atoms with Crippen LogP contribution in [0.4, 0.5) is 0 Å². The highest BCUT2D eigenvalue weighted by Gasteiger charge is 2.32. The molecule has 2 aromatic rings. The monoisotopic (exact) mass is 772 g/mol. The van der Waals surface area contributed by atoms with Gasteiger partial charge in [-0.05, 0) is 86.8 Å². The first-order valence-corrected chi connectivity index (χ1v) is 21.6. The van der Waals surface area contributed by atoms with Gasteiger partial charge in [0.1, 0.15) is 23.7 Å². The summed E-state index contributed by atoms with van der Waals surface area (Å²) in [6.07, 6.45) is 24.3. The van der Waals surface area contributed by atoms with E-state index in [1.54, 1.807) is 24.3 Å². The lowest BCUT2D eigenvalue weighted by Crippen LogP contribution is -2.30. The van der Waals surface area contributed by atoms with Crippen LogP contribution >= 0.6 is 0 Å². The molecular weight excluding hydrogens is 705 g/mol. The molecule has 0 bridgehead atoms. The highest BCUT2D eigenvalue weighted by molar-refractivity contribution is 5.82. The van der Waals surface area contributed by atoms with E-state index in [4.69, 9.17) is 18.9 Å². The zero-order valence-electron chi connectivity index (χ0n) is 34.3. The van der Waals surface area contributed by atoms with Crippen molar-refractivity contribution >= 4 is 23.9 Å². The highest BCUT2D eigenvalue weighted by Crippen LogP contribution is 2.33. The summed E-state index contributed by atoms with van der Waals surface area (Å²) in [5, 5.41) is 0. The Labute approximate surface area is 336 Å². The van der Waals surface area contributed by atoms with Crippen molar-refractivity contribution in [3.05, 3.63) is 85.0 Å². The summed E-state index contributed by atoms with van der Waals surface area (Å²) in [7, 11) is 0. The Morgan fingerprint density at radius 3 is 1.12 bits per heavy atom. The van der Waals surface area contributed by atoms with Crippen molar-refractivity contribution in [2.75, 3.05) is 0 Å². The maximum Gasteiger partial charge on any atom is 0.330 e. The van der Waals surface area contributed by atoms with Crippen LogP contribution in [0.1, 0.15) is 178 Å². The van der Waals surface area contributed by atoms with Crippen LogP contribution in [-0.4, -0.2) is 23.9 Å². The largest absolute Gasteiger partial charge is 0.454 e. The van der Waals surface area contributed by atoms with Gasteiger partial charge in [0.15, 0.2) is 0 Å². The fourth-order valence-corrected chi connectivity index (χ4v) is 7.36. The summed E-state index contributed by atoms with van der Waals surface area (Å²) in [6, 6.07) is 14.4. The van der Waals surface area contributed by atoms with E-state index < -0.39 is 11.9 Å². The minimum Gasteiger partial charge on any atom is -0.454 e. The SMILES string of the molecule is C=CC(=O)OC(CCCCCCCCCC)c1ccc(OC(=O)[C@H]2CC[C@H](C(=O)Oc3ccc(C(CCCCCCCCCC)OC(=O)C=C)cc3)CC2)cc1. The summed E-state index contributed by atoms with van der Waals surface area (Å²) in [5.41, 5.74) is 1.71. The van der Waals surface area contributed by atoms with Crippen molar-refractivity contribution in [1.82, 2.24) is 0 Å². The minimum atomic E-state index is -0.455. The van der Waals surface area contributed by atoms with Crippen molar-refractivity contribution in [1.29, 1.82) is 0 Å². The Morgan fingerprint density at radius 2 is 0.821 bits per heavy atom. The van der Waals surface area contributed by atoms with Crippen molar-refractivity contribution < 1.29 is 38.1 Å². The van der Waals surface area contributed by atoms with Gasteiger partial charge in [-0.1, -0.05) is 141 Å². The Morgan fingerprint density at radius 1 is 0.518 bits per heavy atom. The predicted molar refractivity (Wildman–Crippen MR) is 222 cm³/mol. The minimum absolute atomic E-state index is 0.308. The third-order valence-electron chi connectivity index (χ3n) is 10.8. The lowest BCUT2D eigenvalue weighted by atomic mass is 9.82. The van der Waals surface area contributed by atoms with Gasteiger partial charge in [0.05, 0.1) is 11.8 Å². The number of carbonyl (C=O) groups excluding carboxylic acids is 4. The van der Waals surface area contributed by atoms with Crippen molar-refractivity contribution in [3.63, 3.8) is 0 Å². The van der Waals surface area contributed by atoms with Gasteiger partial charge in [-0.25, -0.2) is 9.59 Å². The molecule has 2 aromatic carbocycles. The number of esters is 4. The van der Waals surface area contributed by atoms with Gasteiger partial charge in [0.25, 0.3) is 0 Å². The second kappa shape index (κ2) is 27.4. The van der Waals surface area contributed by atoms with Gasteiger partial charge in [0.2, 0.25) is 0 Å². The molecule has 1 fully saturated rings. The Balaban J connectivity index is 1.44. The molecule has 1 aliphatic carbocycles. The normalized spacial score (nSPS) is 16.2. The first-order chi connectivity index (χ1) is 27.3. The highest BCUT2D eigenvalue weighted by atomic mass is 16.6. The summed E-state index contributed by atoms with van der Waals surface area (Å²) in [4.78, 5) is 50.3. The van der Waals surface area contributed by atoms with Crippen LogP contribution in [0.25, 0.3) is 0 Å². The molecule has 1 aliphatic rings. The van der Waals surface area contributed by atoms with Crippen LogP contribution in [-0.2, 0) is 28.7 Å². The second-order valence-electron chi connectivity index (χ2n) is 15.3. The maximum atomic E-state index is 13.1. The molecule has 0 amide bonds. The molecule has 2 atom stereocenters. The third-order valence-corrected chi connectivity index (χ3v) is 10.8. The second-order valence-corrected chi connectivity index (χ2v) is 15.3. The molecule has 0 aromatic heterocycles. The van der Waals surface area contributed by atoms with Gasteiger partial charge in [-0.3, -0.25) is 9.59 Å². The smallest absolute Gasteiger partial charge is 0.330 e. The fraction of sp³-hybridized carbons (Fsp3) is 0.583. The van der Waals surface area contributed by atoms with Crippen molar-refractivity contribution in [2.45, 2.75) is 167 Å². The average Bonchev–Trinajstić information content (AvgIpc) is 3.22. The molecule has 2 unspecified atom stereocenters. The molecule has 0 spiro atoms. The molecule has 8 nitrogen and oxygen atoms in total. The van der Waals surface area contributed by atoms with Gasteiger partial charge >= 0.3 is 23.9 Å². The number of ether oxygens (including phenoxy) is 4. The van der Waals surface area contributed by atoms with Crippen LogP contribution in [0.3, 0.4) is 0 Å². The van der Waals surface area contributed by atoms with Crippen molar-refractivity contribution in [2.24, 2.45) is 11.8 Å². The molecule has 3 rings (SSSR count). The molecule has 0 radical (unpaired) electrons. The van der Waals surface area contributed by atoms with E-state index in [1.165, 1.54) is 89.2 Å². The topological polar surface area (TPSA) is 105 Å². The van der Waals surface area contributed by atoms with Crippen LogP contribution < -0.4 is 9.47 Å². The first kappa shape index (κ1) is 46.2. The predicted octanol–water partition coefficient (Wildman–Crippen LogP) is 12.6. The first-order valence-electron chi connectivity index (χ1n) is 21.6. The number of hydrogen-bond donors (Lipinski definition) is 0. The summed E-state index contributed by atoms with van der Waals surface area (Å²) in [5.74, 6) is -1.28. The Kier molecular flexibility index (Phi) is 22.6. The summed E-state index contributed by atoms with van der Waals surface area (Å²) in [6.45, 7) is 11.5. The molecule has 1 saturated carbocycles. The van der Waals surface area contributed by atoms with E-state index in [0.717, 1.165) is 49.7 Å². The molecule has 0 aliphatic heterocycles. The third kappa shape index (κ3) is 17.7. The van der Waals surface area contributed by atoms with Crippen LogP contribution in [0.5, 0.6) is 11.5 Å². The zero-order chi connectivity index (χ0) is 40.4. The molecule has 308 valence electrons. The van der Waals surface area contributed by atoms with E-state index in [9.17, 15) is 19.2 Å². The molecular formula is C48H68O8. The van der Waals surface area contributed by atoms with Crippen LogP contribution in [0, 0.1) is 11.8 Å². The number of hydrogen-bond acceptors (Lipinski definition) is 8. The number of benzene rings is 2. The lowest BCUT2D eigenvalue weighted by Gasteiger charge is -2.26. The van der Waals surface area contributed by atoms with Crippen molar-refractivity contribution in [3.8, 4) is 11.5 Å². The maximum absolute atomic E-state index is 13.1. The number of carbonyl (C=O) groups is 4. The number of rotatable bonds is 28. The van der Waals surface area contributed by atoms with E-state index in [-0.39, 0.29) is 36.0 Å². The van der Waals surface area contributed by atoms with Gasteiger partial charge in [-0.2, -0.15) is 0 Å². The van der Waals surface area contributed by atoms with Crippen LogP contribution in [0.15, 0.2) is 73.8 Å². The molecule has 0 saturated heterocycles. The lowest BCUT2D eigenvalue weighted by molar-refractivity contribution is -0.145. The fourth-order valence-electron chi connectivity index (χ4n) is 7.36. The summed E-state index contributed by atoms with van der Waals surface area (Å²) < 4.78 is 22.8. The quantitative estimate of drug-likeness (QED) is 0.0364. The van der Waals surface area contributed by atoms with E-state index in [1.807, 2.05) is 24.3 Å². The van der Waals surface area contributed by atoms with Crippen LogP contribution in [0.2, 0.25) is 0 Å². The van der Waals surface area contributed by atoms with E-state index >= 15 is 0 Å². The van der Waals surface area contributed by atoms with Gasteiger partial charge in [-0.15, -0.1) is 0 Å². The van der Waals surface area contributed by atoms with E-state index in [2.05, 4.69) is 27.0 Å². The Bertz CT molecular complexity index is 1340. The van der Waals surface area contributed by atoms with Gasteiger partial charge in [0, 0.05) is 12.2 Å².